The van der Waals surface area contributed by atoms with E-state index in [9.17, 15) is 9.59 Å². The standard InChI is InChI=1S/C25H32O3/c1-5-8-9-12-17-28-25(27)22-16-15-19(6-2)20(7-3)23(22)24(26)21-14-11-10-13-18(21)4/h10-11,13-16H,5-9,12,17H2,1-4H3. The Morgan fingerprint density at radius 2 is 1.61 bits per heavy atom. The minimum absolute atomic E-state index is 0.0943. The zero-order chi connectivity index (χ0) is 20.5. The molecule has 0 aromatic heterocycles. The first-order chi connectivity index (χ1) is 13.5. The van der Waals surface area contributed by atoms with E-state index in [1.807, 2.05) is 44.2 Å². The molecule has 0 aliphatic rings. The van der Waals surface area contributed by atoms with Gasteiger partial charge in [0.05, 0.1) is 12.2 Å². The second kappa shape index (κ2) is 10.8. The van der Waals surface area contributed by atoms with Crippen molar-refractivity contribution in [3.63, 3.8) is 0 Å². The van der Waals surface area contributed by atoms with Gasteiger partial charge in [-0.2, -0.15) is 0 Å². The van der Waals surface area contributed by atoms with Gasteiger partial charge in [-0.1, -0.05) is 70.4 Å². The third kappa shape index (κ3) is 5.09. The van der Waals surface area contributed by atoms with Gasteiger partial charge in [-0.3, -0.25) is 4.79 Å². The van der Waals surface area contributed by atoms with Gasteiger partial charge in [0.1, 0.15) is 0 Å². The molecule has 0 radical (unpaired) electrons. The summed E-state index contributed by atoms with van der Waals surface area (Å²) < 4.78 is 5.51. The first kappa shape index (κ1) is 21.9. The molecule has 0 heterocycles. The van der Waals surface area contributed by atoms with E-state index in [4.69, 9.17) is 4.74 Å². The number of ketones is 1. The van der Waals surface area contributed by atoms with Gasteiger partial charge < -0.3 is 4.74 Å². The number of benzene rings is 2. The zero-order valence-electron chi connectivity index (χ0n) is 17.6. The Kier molecular flexibility index (Phi) is 8.43. The summed E-state index contributed by atoms with van der Waals surface area (Å²) in [6, 6.07) is 11.3. The van der Waals surface area contributed by atoms with Crippen LogP contribution >= 0.6 is 0 Å². The van der Waals surface area contributed by atoms with Gasteiger partial charge in [0.25, 0.3) is 0 Å². The Bertz CT molecular complexity index is 821. The second-order valence-electron chi connectivity index (χ2n) is 7.17. The first-order valence-corrected chi connectivity index (χ1v) is 10.5. The van der Waals surface area contributed by atoms with Crippen LogP contribution in [0.2, 0.25) is 0 Å². The molecule has 0 spiro atoms. The fourth-order valence-electron chi connectivity index (χ4n) is 3.59. The Morgan fingerprint density at radius 3 is 2.25 bits per heavy atom. The van der Waals surface area contributed by atoms with E-state index < -0.39 is 5.97 Å². The van der Waals surface area contributed by atoms with Crippen LogP contribution in [0.3, 0.4) is 0 Å². The lowest BCUT2D eigenvalue weighted by Gasteiger charge is -2.17. The fourth-order valence-corrected chi connectivity index (χ4v) is 3.59. The molecule has 0 fully saturated rings. The van der Waals surface area contributed by atoms with Crippen molar-refractivity contribution >= 4 is 11.8 Å². The zero-order valence-corrected chi connectivity index (χ0v) is 17.6. The van der Waals surface area contributed by atoms with Crippen LogP contribution in [0.15, 0.2) is 36.4 Å². The van der Waals surface area contributed by atoms with Gasteiger partial charge >= 0.3 is 5.97 Å². The largest absolute Gasteiger partial charge is 0.462 e. The fraction of sp³-hybridized carbons (Fsp3) is 0.440. The quantitative estimate of drug-likeness (QED) is 0.285. The van der Waals surface area contributed by atoms with E-state index in [2.05, 4.69) is 13.8 Å². The average molecular weight is 381 g/mol. The van der Waals surface area contributed by atoms with Crippen molar-refractivity contribution in [2.24, 2.45) is 0 Å². The minimum Gasteiger partial charge on any atom is -0.462 e. The molecule has 3 nitrogen and oxygen atoms in total. The van der Waals surface area contributed by atoms with E-state index in [-0.39, 0.29) is 5.78 Å². The highest BCUT2D eigenvalue weighted by atomic mass is 16.5. The number of hydrogen-bond donors (Lipinski definition) is 0. The summed E-state index contributed by atoms with van der Waals surface area (Å²) in [5, 5.41) is 0. The molecule has 150 valence electrons. The highest BCUT2D eigenvalue weighted by Gasteiger charge is 2.25. The summed E-state index contributed by atoms with van der Waals surface area (Å²) in [5.74, 6) is -0.492. The number of carbonyl (C=O) groups is 2. The van der Waals surface area contributed by atoms with Gasteiger partial charge in [-0.25, -0.2) is 4.79 Å². The molecule has 3 heteroatoms. The van der Waals surface area contributed by atoms with Crippen molar-refractivity contribution in [2.45, 2.75) is 66.2 Å². The van der Waals surface area contributed by atoms with Crippen molar-refractivity contribution in [1.82, 2.24) is 0 Å². The number of esters is 1. The minimum atomic E-state index is -0.397. The van der Waals surface area contributed by atoms with Gasteiger partial charge in [-0.15, -0.1) is 0 Å². The maximum Gasteiger partial charge on any atom is 0.338 e. The molecule has 0 amide bonds. The molecule has 0 N–H and O–H groups in total. The highest BCUT2D eigenvalue weighted by molar-refractivity contribution is 6.16. The Balaban J connectivity index is 2.42. The van der Waals surface area contributed by atoms with E-state index >= 15 is 0 Å². The Morgan fingerprint density at radius 1 is 0.857 bits per heavy atom. The van der Waals surface area contributed by atoms with Crippen LogP contribution in [-0.4, -0.2) is 18.4 Å². The Hall–Kier alpha value is -2.42. The molecule has 0 atom stereocenters. The van der Waals surface area contributed by atoms with Gasteiger partial charge in [0.2, 0.25) is 0 Å². The molecule has 0 unspecified atom stereocenters. The van der Waals surface area contributed by atoms with E-state index in [0.717, 1.165) is 48.8 Å². The average Bonchev–Trinajstić information content (AvgIpc) is 2.72. The van der Waals surface area contributed by atoms with Crippen LogP contribution in [-0.2, 0) is 17.6 Å². The number of rotatable bonds is 10. The molecule has 0 saturated heterocycles. The molecule has 0 bridgehead atoms. The molecular weight excluding hydrogens is 348 g/mol. The van der Waals surface area contributed by atoms with E-state index in [1.54, 1.807) is 6.07 Å². The lowest BCUT2D eigenvalue weighted by Crippen LogP contribution is -2.17. The van der Waals surface area contributed by atoms with Gasteiger partial charge in [-0.05, 0) is 48.9 Å². The summed E-state index contributed by atoms with van der Waals surface area (Å²) in [6.07, 6.45) is 5.71. The van der Waals surface area contributed by atoms with Crippen LogP contribution in [0, 0.1) is 6.92 Å². The van der Waals surface area contributed by atoms with Crippen molar-refractivity contribution in [3.05, 3.63) is 69.8 Å². The number of aryl methyl sites for hydroxylation is 2. The lowest BCUT2D eigenvalue weighted by atomic mass is 9.87. The number of carbonyl (C=O) groups excluding carboxylic acids is 2. The smallest absolute Gasteiger partial charge is 0.338 e. The van der Waals surface area contributed by atoms with Gasteiger partial charge in [0, 0.05) is 11.1 Å². The summed E-state index contributed by atoms with van der Waals surface area (Å²) in [4.78, 5) is 26.3. The maximum absolute atomic E-state index is 13.4. The molecule has 0 aliphatic carbocycles. The van der Waals surface area contributed by atoms with E-state index in [1.165, 1.54) is 0 Å². The molecule has 2 rings (SSSR count). The SMILES string of the molecule is CCCCCCOC(=O)c1ccc(CC)c(CC)c1C(=O)c1ccccc1C. The number of unbranched alkanes of at least 4 members (excludes halogenated alkanes) is 3. The topological polar surface area (TPSA) is 43.4 Å². The summed E-state index contributed by atoms with van der Waals surface area (Å²) in [7, 11) is 0. The van der Waals surface area contributed by atoms with Crippen molar-refractivity contribution < 1.29 is 14.3 Å². The molecule has 28 heavy (non-hydrogen) atoms. The van der Waals surface area contributed by atoms with Crippen LogP contribution in [0.1, 0.15) is 89.4 Å². The normalized spacial score (nSPS) is 10.7. The summed E-state index contributed by atoms with van der Waals surface area (Å²) in [6.45, 7) is 8.57. The van der Waals surface area contributed by atoms with Crippen LogP contribution in [0.5, 0.6) is 0 Å². The monoisotopic (exact) mass is 380 g/mol. The predicted octanol–water partition coefficient (Wildman–Crippen LogP) is 6.09. The van der Waals surface area contributed by atoms with Gasteiger partial charge in [0.15, 0.2) is 5.78 Å². The summed E-state index contributed by atoms with van der Waals surface area (Å²) in [5.41, 5.74) is 4.51. The first-order valence-electron chi connectivity index (χ1n) is 10.5. The molecule has 2 aromatic rings. The van der Waals surface area contributed by atoms with Crippen molar-refractivity contribution in [1.29, 1.82) is 0 Å². The summed E-state index contributed by atoms with van der Waals surface area (Å²) >= 11 is 0. The third-order valence-corrected chi connectivity index (χ3v) is 5.21. The predicted molar refractivity (Wildman–Crippen MR) is 114 cm³/mol. The Labute approximate surface area is 169 Å². The third-order valence-electron chi connectivity index (χ3n) is 5.21. The number of ether oxygens (including phenoxy) is 1. The molecular formula is C25H32O3. The van der Waals surface area contributed by atoms with Crippen LogP contribution < -0.4 is 0 Å². The van der Waals surface area contributed by atoms with Crippen molar-refractivity contribution in [3.8, 4) is 0 Å². The van der Waals surface area contributed by atoms with Crippen LogP contribution in [0.4, 0.5) is 0 Å². The highest BCUT2D eigenvalue weighted by Crippen LogP contribution is 2.26. The molecule has 0 saturated carbocycles. The molecule has 0 aliphatic heterocycles. The maximum atomic E-state index is 13.4. The lowest BCUT2D eigenvalue weighted by molar-refractivity contribution is 0.0495. The van der Waals surface area contributed by atoms with Crippen molar-refractivity contribution in [2.75, 3.05) is 6.61 Å². The second-order valence-corrected chi connectivity index (χ2v) is 7.17. The number of hydrogen-bond acceptors (Lipinski definition) is 3. The van der Waals surface area contributed by atoms with E-state index in [0.29, 0.717) is 29.7 Å². The van der Waals surface area contributed by atoms with Crippen LogP contribution in [0.25, 0.3) is 0 Å². The molecule has 2 aromatic carbocycles.